The van der Waals surface area contributed by atoms with Crippen LogP contribution in [0.3, 0.4) is 0 Å². The highest BCUT2D eigenvalue weighted by molar-refractivity contribution is 7.99. The molecule has 1 heterocycles. The monoisotopic (exact) mass is 567 g/mol. The Bertz CT molecular complexity index is 1420. The van der Waals surface area contributed by atoms with Crippen LogP contribution in [-0.4, -0.2) is 49.0 Å². The molecule has 5 N–H and O–H groups in total. The third kappa shape index (κ3) is 6.19. The van der Waals surface area contributed by atoms with Gasteiger partial charge in [-0.3, -0.25) is 10.1 Å². The Morgan fingerprint density at radius 2 is 1.42 bits per heavy atom. The summed E-state index contributed by atoms with van der Waals surface area (Å²) in [6.45, 7) is -0.158. The maximum absolute atomic E-state index is 12.5. The summed E-state index contributed by atoms with van der Waals surface area (Å²) in [5.41, 5.74) is 9.36. The third-order valence-corrected chi connectivity index (χ3v) is 8.89. The van der Waals surface area contributed by atoms with Crippen LogP contribution >= 0.6 is 23.3 Å². The molecule has 0 unspecified atom stereocenters. The molecule has 0 aliphatic carbocycles. The summed E-state index contributed by atoms with van der Waals surface area (Å²) in [6.07, 6.45) is 0. The van der Waals surface area contributed by atoms with Gasteiger partial charge in [-0.25, -0.2) is 13.6 Å². The van der Waals surface area contributed by atoms with Gasteiger partial charge in [-0.1, -0.05) is 102 Å². The minimum Gasteiger partial charge on any atom is -0.369 e. The second-order valence-corrected chi connectivity index (χ2v) is 11.8. The molecule has 4 aromatic rings. The number of carbonyl (C=O) groups is 1. The van der Waals surface area contributed by atoms with Crippen molar-refractivity contribution in [3.63, 3.8) is 0 Å². The molecular weight excluding hydrogens is 543 g/mol. The van der Waals surface area contributed by atoms with E-state index in [2.05, 4.69) is 19.9 Å². The number of amides is 1. The van der Waals surface area contributed by atoms with Gasteiger partial charge in [0.2, 0.25) is 21.3 Å². The van der Waals surface area contributed by atoms with Crippen LogP contribution in [0, 0.1) is 0 Å². The Labute approximate surface area is 229 Å². The number of sulfonamides is 1. The lowest BCUT2D eigenvalue weighted by Crippen LogP contribution is -2.39. The van der Waals surface area contributed by atoms with E-state index in [1.807, 2.05) is 91.0 Å². The van der Waals surface area contributed by atoms with Crippen molar-refractivity contribution < 1.29 is 13.2 Å². The van der Waals surface area contributed by atoms with Crippen LogP contribution in [0.2, 0.25) is 0 Å². The van der Waals surface area contributed by atoms with Crippen LogP contribution in [-0.2, 0) is 19.6 Å². The number of nitrogens with one attached hydrogen (secondary N) is 1. The zero-order chi connectivity index (χ0) is 27.2. The number of hydrogen-bond acceptors (Lipinski definition) is 8. The van der Waals surface area contributed by atoms with Gasteiger partial charge in [0.25, 0.3) is 10.0 Å². The summed E-state index contributed by atoms with van der Waals surface area (Å²) >= 11 is 1.95. The summed E-state index contributed by atoms with van der Waals surface area (Å²) in [7, 11) is -2.37. The molecule has 0 radical (unpaired) electrons. The lowest BCUT2D eigenvalue weighted by atomic mass is 9.84. The predicted octanol–water partition coefficient (Wildman–Crippen LogP) is 3.01. The largest absolute Gasteiger partial charge is 0.369 e. The maximum atomic E-state index is 12.5. The van der Waals surface area contributed by atoms with Crippen molar-refractivity contribution >= 4 is 50.3 Å². The van der Waals surface area contributed by atoms with E-state index in [0.717, 1.165) is 16.7 Å². The van der Waals surface area contributed by atoms with Crippen molar-refractivity contribution in [3.8, 4) is 0 Å². The van der Waals surface area contributed by atoms with Gasteiger partial charge >= 0.3 is 0 Å². The normalized spacial score (nSPS) is 12.2. The summed E-state index contributed by atoms with van der Waals surface area (Å²) in [5, 5.41) is 14.7. The highest BCUT2D eigenvalue weighted by Crippen LogP contribution is 2.48. The minimum atomic E-state index is -4.00. The fourth-order valence-electron chi connectivity index (χ4n) is 3.69. The van der Waals surface area contributed by atoms with Crippen molar-refractivity contribution in [2.45, 2.75) is 9.09 Å². The Balaban J connectivity index is 1.60. The quantitative estimate of drug-likeness (QED) is 0.0916. The number of nitrogens with two attached hydrogens (primary N) is 2. The highest BCUT2D eigenvalue weighted by Gasteiger charge is 2.38. The molecule has 1 amide bonds. The molecule has 0 bridgehead atoms. The van der Waals surface area contributed by atoms with Crippen molar-refractivity contribution in [3.05, 3.63) is 108 Å². The van der Waals surface area contributed by atoms with E-state index in [1.54, 1.807) is 7.05 Å². The van der Waals surface area contributed by atoms with Crippen LogP contribution in [0.1, 0.15) is 16.7 Å². The SMILES string of the molecule is CN(CC(=O)Nc1nnc(S(N)(=O)=O)s1)/C(N)=N/SC(c1ccccc1)(c1ccccc1)c1ccccc1. The lowest BCUT2D eigenvalue weighted by molar-refractivity contribution is -0.116. The Morgan fingerprint density at radius 1 is 0.947 bits per heavy atom. The number of guanidine groups is 1. The molecule has 0 spiro atoms. The van der Waals surface area contributed by atoms with E-state index in [1.165, 1.54) is 16.8 Å². The van der Waals surface area contributed by atoms with E-state index < -0.39 is 25.0 Å². The molecule has 13 heteroatoms. The first-order chi connectivity index (χ1) is 18.2. The standard InChI is InChI=1S/C25H25N7O3S3/c1-32(17-21(33)28-23-29-30-24(36-23)38(27,34)35)22(26)31-37-25(18-11-5-2-6-12-18,19-13-7-3-8-14-19)20-15-9-4-10-16-20/h2-16H,17H2,1H3,(H2,26,31)(H2,27,34,35)(H,28,29,33). The molecule has 3 aromatic carbocycles. The van der Waals surface area contributed by atoms with Gasteiger partial charge in [-0.15, -0.1) is 10.2 Å². The van der Waals surface area contributed by atoms with Crippen molar-refractivity contribution in [2.75, 3.05) is 18.9 Å². The van der Waals surface area contributed by atoms with Crippen molar-refractivity contribution in [1.29, 1.82) is 0 Å². The number of aromatic nitrogens is 2. The van der Waals surface area contributed by atoms with E-state index in [0.29, 0.717) is 11.3 Å². The number of rotatable bonds is 9. The number of likely N-dealkylation sites (N-methyl/N-ethyl adjacent to an activating group) is 1. The van der Waals surface area contributed by atoms with Gasteiger partial charge < -0.3 is 10.6 Å². The Hall–Kier alpha value is -3.78. The van der Waals surface area contributed by atoms with Gasteiger partial charge in [-0.05, 0) is 28.6 Å². The molecule has 0 atom stereocenters. The minimum absolute atomic E-state index is 0.00793. The number of carbonyl (C=O) groups excluding carboxylic acids is 1. The number of nitrogens with zero attached hydrogens (tertiary/aromatic N) is 4. The number of anilines is 1. The molecule has 1 aromatic heterocycles. The molecule has 0 fully saturated rings. The number of primary sulfonamides is 1. The average Bonchev–Trinajstić information content (AvgIpc) is 3.40. The molecule has 4 rings (SSSR count). The maximum Gasteiger partial charge on any atom is 0.267 e. The van der Waals surface area contributed by atoms with Crippen LogP contribution in [0.25, 0.3) is 0 Å². The van der Waals surface area contributed by atoms with E-state index >= 15 is 0 Å². The summed E-state index contributed by atoms with van der Waals surface area (Å²) < 4.78 is 26.3. The number of benzene rings is 3. The highest BCUT2D eigenvalue weighted by atomic mass is 32.2. The zero-order valence-corrected chi connectivity index (χ0v) is 22.7. The van der Waals surface area contributed by atoms with Crippen molar-refractivity contribution in [2.24, 2.45) is 15.3 Å². The van der Waals surface area contributed by atoms with Gasteiger partial charge in [0, 0.05) is 7.05 Å². The summed E-state index contributed by atoms with van der Waals surface area (Å²) in [5.74, 6) is -0.354. The third-order valence-electron chi connectivity index (χ3n) is 5.49. The molecule has 0 saturated carbocycles. The first-order valence-electron chi connectivity index (χ1n) is 11.3. The lowest BCUT2D eigenvalue weighted by Gasteiger charge is -2.33. The fraction of sp³-hybridized carbons (Fsp3) is 0.120. The summed E-state index contributed by atoms with van der Waals surface area (Å²) in [6, 6.07) is 30.1. The number of hydrogen-bond donors (Lipinski definition) is 3. The molecular formula is C25H25N7O3S3. The molecule has 0 aliphatic heterocycles. The molecule has 38 heavy (non-hydrogen) atoms. The van der Waals surface area contributed by atoms with Crippen LogP contribution < -0.4 is 16.2 Å². The molecule has 196 valence electrons. The van der Waals surface area contributed by atoms with Crippen LogP contribution in [0.5, 0.6) is 0 Å². The van der Waals surface area contributed by atoms with E-state index in [-0.39, 0.29) is 17.6 Å². The van der Waals surface area contributed by atoms with Gasteiger partial charge in [-0.2, -0.15) is 4.40 Å². The second-order valence-electron chi connectivity index (χ2n) is 8.14. The van der Waals surface area contributed by atoms with Crippen LogP contribution in [0.4, 0.5) is 5.13 Å². The van der Waals surface area contributed by atoms with Gasteiger partial charge in [0.1, 0.15) is 4.75 Å². The second kappa shape index (κ2) is 11.7. The zero-order valence-electron chi connectivity index (χ0n) is 20.3. The molecule has 10 nitrogen and oxygen atoms in total. The van der Waals surface area contributed by atoms with Gasteiger partial charge in [0.05, 0.1) is 6.54 Å². The van der Waals surface area contributed by atoms with Crippen molar-refractivity contribution in [1.82, 2.24) is 15.1 Å². The molecule has 0 aliphatic rings. The average molecular weight is 568 g/mol. The Kier molecular flexibility index (Phi) is 8.42. The first kappa shape index (κ1) is 27.3. The van der Waals surface area contributed by atoms with E-state index in [9.17, 15) is 13.2 Å². The summed E-state index contributed by atoms with van der Waals surface area (Å²) in [4.78, 5) is 14.0. The van der Waals surface area contributed by atoms with Crippen LogP contribution in [0.15, 0.2) is 99.7 Å². The predicted molar refractivity (Wildman–Crippen MR) is 151 cm³/mol. The Morgan fingerprint density at radius 3 is 1.84 bits per heavy atom. The first-order valence-corrected chi connectivity index (χ1v) is 14.4. The smallest absolute Gasteiger partial charge is 0.267 e. The molecule has 0 saturated heterocycles. The van der Waals surface area contributed by atoms with Gasteiger partial charge in [0.15, 0.2) is 0 Å². The topological polar surface area (TPSA) is 157 Å². The fourth-order valence-corrected chi connectivity index (χ4v) is 6.14. The van der Waals surface area contributed by atoms with E-state index in [4.69, 9.17) is 10.9 Å².